The lowest BCUT2D eigenvalue weighted by Crippen LogP contribution is -2.32. The van der Waals surface area contributed by atoms with E-state index >= 15 is 0 Å². The molecule has 98 valence electrons. The number of carbonyl (C=O) groups is 2. The van der Waals surface area contributed by atoms with Gasteiger partial charge in [0.05, 0.1) is 0 Å². The molecule has 0 aliphatic carbocycles. The standard InChI is InChI=1S/C13H16BrNO3/c1-9(10-3-5-11(14)6-4-10)7-12(16)15(2)8-13(17)18/h3-6,9H,7-8H2,1-2H3,(H,17,18). The van der Waals surface area contributed by atoms with Crippen molar-refractivity contribution < 1.29 is 14.7 Å². The fraction of sp³-hybridized carbons (Fsp3) is 0.385. The van der Waals surface area contributed by atoms with E-state index in [1.807, 2.05) is 31.2 Å². The molecule has 1 aromatic carbocycles. The zero-order valence-electron chi connectivity index (χ0n) is 10.4. The van der Waals surface area contributed by atoms with Crippen LogP contribution >= 0.6 is 15.9 Å². The van der Waals surface area contributed by atoms with Gasteiger partial charge in [-0.3, -0.25) is 9.59 Å². The first-order chi connectivity index (χ1) is 8.40. The van der Waals surface area contributed by atoms with Crippen molar-refractivity contribution in [2.24, 2.45) is 0 Å². The molecule has 5 heteroatoms. The van der Waals surface area contributed by atoms with E-state index in [1.54, 1.807) is 0 Å². The average molecular weight is 314 g/mol. The second-order valence-corrected chi connectivity index (χ2v) is 5.22. The molecule has 0 aliphatic rings. The first-order valence-corrected chi connectivity index (χ1v) is 6.40. The van der Waals surface area contributed by atoms with Crippen LogP contribution in [0.3, 0.4) is 0 Å². The topological polar surface area (TPSA) is 57.6 Å². The maximum atomic E-state index is 11.8. The van der Waals surface area contributed by atoms with E-state index in [0.717, 1.165) is 10.0 Å². The number of carbonyl (C=O) groups excluding carboxylic acids is 1. The van der Waals surface area contributed by atoms with E-state index in [1.165, 1.54) is 11.9 Å². The zero-order valence-corrected chi connectivity index (χ0v) is 12.0. The largest absolute Gasteiger partial charge is 0.480 e. The quantitative estimate of drug-likeness (QED) is 0.908. The number of amides is 1. The number of nitrogens with zero attached hydrogens (tertiary/aromatic N) is 1. The summed E-state index contributed by atoms with van der Waals surface area (Å²) in [6, 6.07) is 7.77. The molecule has 4 nitrogen and oxygen atoms in total. The van der Waals surface area contributed by atoms with Crippen LogP contribution in [0.15, 0.2) is 28.7 Å². The van der Waals surface area contributed by atoms with Crippen molar-refractivity contribution in [1.82, 2.24) is 4.90 Å². The van der Waals surface area contributed by atoms with Crippen molar-refractivity contribution in [2.45, 2.75) is 19.3 Å². The maximum Gasteiger partial charge on any atom is 0.323 e. The van der Waals surface area contributed by atoms with Gasteiger partial charge in [0.15, 0.2) is 0 Å². The Labute approximate surface area is 115 Å². The number of rotatable bonds is 5. The number of hydrogen-bond donors (Lipinski definition) is 1. The van der Waals surface area contributed by atoms with Gasteiger partial charge in [-0.15, -0.1) is 0 Å². The number of hydrogen-bond acceptors (Lipinski definition) is 2. The summed E-state index contributed by atoms with van der Waals surface area (Å²) in [5.74, 6) is -1.09. The van der Waals surface area contributed by atoms with E-state index in [-0.39, 0.29) is 18.4 Å². The Morgan fingerprint density at radius 1 is 1.33 bits per heavy atom. The summed E-state index contributed by atoms with van der Waals surface area (Å²) in [5.41, 5.74) is 1.07. The predicted molar refractivity (Wildman–Crippen MR) is 72.4 cm³/mol. The van der Waals surface area contributed by atoms with Crippen molar-refractivity contribution in [3.05, 3.63) is 34.3 Å². The number of carboxylic acid groups (broad SMARTS) is 1. The molecule has 0 radical (unpaired) electrons. The molecule has 1 amide bonds. The van der Waals surface area contributed by atoms with Gasteiger partial charge in [-0.1, -0.05) is 35.0 Å². The van der Waals surface area contributed by atoms with E-state index in [0.29, 0.717) is 6.42 Å². The number of likely N-dealkylation sites (N-methyl/N-ethyl adjacent to an activating group) is 1. The van der Waals surface area contributed by atoms with Crippen molar-refractivity contribution in [3.63, 3.8) is 0 Å². The molecule has 1 rings (SSSR count). The van der Waals surface area contributed by atoms with E-state index in [4.69, 9.17) is 5.11 Å². The first-order valence-electron chi connectivity index (χ1n) is 5.61. The predicted octanol–water partition coefficient (Wildman–Crippen LogP) is 2.49. The normalized spacial score (nSPS) is 11.9. The Hall–Kier alpha value is -1.36. The number of benzene rings is 1. The van der Waals surface area contributed by atoms with Gasteiger partial charge in [0, 0.05) is 17.9 Å². The lowest BCUT2D eigenvalue weighted by molar-refractivity contribution is -0.143. The third-order valence-electron chi connectivity index (χ3n) is 2.72. The number of carboxylic acids is 1. The smallest absolute Gasteiger partial charge is 0.323 e. The Morgan fingerprint density at radius 2 is 1.89 bits per heavy atom. The Bertz CT molecular complexity index is 430. The monoisotopic (exact) mass is 313 g/mol. The molecule has 1 unspecified atom stereocenters. The van der Waals surface area contributed by atoms with Crippen molar-refractivity contribution in [2.75, 3.05) is 13.6 Å². The van der Waals surface area contributed by atoms with Crippen LogP contribution in [0.4, 0.5) is 0 Å². The molecule has 0 aromatic heterocycles. The highest BCUT2D eigenvalue weighted by Gasteiger charge is 2.16. The van der Waals surface area contributed by atoms with E-state index in [9.17, 15) is 9.59 Å². The molecule has 0 spiro atoms. The lowest BCUT2D eigenvalue weighted by Gasteiger charge is -2.18. The Balaban J connectivity index is 2.59. The molecule has 0 bridgehead atoms. The Morgan fingerprint density at radius 3 is 2.39 bits per heavy atom. The highest BCUT2D eigenvalue weighted by Crippen LogP contribution is 2.21. The summed E-state index contributed by atoms with van der Waals surface area (Å²) in [4.78, 5) is 23.5. The molecule has 1 N–H and O–H groups in total. The summed E-state index contributed by atoms with van der Waals surface area (Å²) in [5, 5.41) is 8.62. The van der Waals surface area contributed by atoms with Gasteiger partial charge >= 0.3 is 5.97 Å². The van der Waals surface area contributed by atoms with Gasteiger partial charge in [-0.05, 0) is 23.6 Å². The SMILES string of the molecule is CC(CC(=O)N(C)CC(=O)O)c1ccc(Br)cc1. The Kier molecular flexibility index (Phi) is 5.34. The van der Waals surface area contributed by atoms with Crippen LogP contribution in [-0.4, -0.2) is 35.5 Å². The number of halogens is 1. The molecule has 0 saturated carbocycles. The molecule has 18 heavy (non-hydrogen) atoms. The van der Waals surface area contributed by atoms with E-state index < -0.39 is 5.97 Å². The van der Waals surface area contributed by atoms with Gasteiger partial charge in [-0.25, -0.2) is 0 Å². The fourth-order valence-electron chi connectivity index (χ4n) is 1.62. The molecule has 1 atom stereocenters. The minimum Gasteiger partial charge on any atom is -0.480 e. The number of aliphatic carboxylic acids is 1. The summed E-state index contributed by atoms with van der Waals surface area (Å²) in [6.45, 7) is 1.70. The highest BCUT2D eigenvalue weighted by molar-refractivity contribution is 9.10. The van der Waals surface area contributed by atoms with Gasteiger partial charge in [-0.2, -0.15) is 0 Å². The van der Waals surface area contributed by atoms with Crippen LogP contribution in [0.25, 0.3) is 0 Å². The van der Waals surface area contributed by atoms with Gasteiger partial charge in [0.25, 0.3) is 0 Å². The minimum atomic E-state index is -0.998. The van der Waals surface area contributed by atoms with Gasteiger partial charge in [0.1, 0.15) is 6.54 Å². The van der Waals surface area contributed by atoms with Crippen LogP contribution in [0.1, 0.15) is 24.8 Å². The lowest BCUT2D eigenvalue weighted by atomic mass is 9.97. The van der Waals surface area contributed by atoms with Crippen molar-refractivity contribution in [1.29, 1.82) is 0 Å². The molecular formula is C13H16BrNO3. The van der Waals surface area contributed by atoms with Crippen LogP contribution < -0.4 is 0 Å². The second kappa shape index (κ2) is 6.54. The minimum absolute atomic E-state index is 0.0712. The maximum absolute atomic E-state index is 11.8. The summed E-state index contributed by atoms with van der Waals surface area (Å²) < 4.78 is 0.993. The molecule has 0 aliphatic heterocycles. The van der Waals surface area contributed by atoms with Gasteiger partial charge in [0.2, 0.25) is 5.91 Å². The summed E-state index contributed by atoms with van der Waals surface area (Å²) >= 11 is 3.36. The second-order valence-electron chi connectivity index (χ2n) is 4.30. The zero-order chi connectivity index (χ0) is 13.7. The van der Waals surface area contributed by atoms with Crippen molar-refractivity contribution >= 4 is 27.8 Å². The molecule has 0 heterocycles. The van der Waals surface area contributed by atoms with Crippen LogP contribution in [0.5, 0.6) is 0 Å². The van der Waals surface area contributed by atoms with Crippen LogP contribution in [0, 0.1) is 0 Å². The van der Waals surface area contributed by atoms with Crippen molar-refractivity contribution in [3.8, 4) is 0 Å². The fourth-order valence-corrected chi connectivity index (χ4v) is 1.88. The molecular weight excluding hydrogens is 298 g/mol. The van der Waals surface area contributed by atoms with Crippen LogP contribution in [0.2, 0.25) is 0 Å². The van der Waals surface area contributed by atoms with E-state index in [2.05, 4.69) is 15.9 Å². The summed E-state index contributed by atoms with van der Waals surface area (Å²) in [6.07, 6.45) is 0.311. The molecule has 0 fully saturated rings. The molecule has 1 aromatic rings. The van der Waals surface area contributed by atoms with Crippen LogP contribution in [-0.2, 0) is 9.59 Å². The third kappa shape index (κ3) is 4.49. The third-order valence-corrected chi connectivity index (χ3v) is 3.25. The summed E-state index contributed by atoms with van der Waals surface area (Å²) in [7, 11) is 1.50. The average Bonchev–Trinajstić information content (AvgIpc) is 2.28. The van der Waals surface area contributed by atoms with Gasteiger partial charge < -0.3 is 10.0 Å². The highest BCUT2D eigenvalue weighted by atomic mass is 79.9. The molecule has 0 saturated heterocycles. The first kappa shape index (κ1) is 14.7.